The van der Waals surface area contributed by atoms with Crippen molar-refractivity contribution in [2.75, 3.05) is 19.7 Å². The van der Waals surface area contributed by atoms with E-state index in [4.69, 9.17) is 4.74 Å². The summed E-state index contributed by atoms with van der Waals surface area (Å²) >= 11 is 1.64. The Morgan fingerprint density at radius 3 is 2.34 bits per heavy atom. The van der Waals surface area contributed by atoms with Gasteiger partial charge in [-0.3, -0.25) is 4.79 Å². The number of benzene rings is 2. The molecule has 8 heteroatoms. The van der Waals surface area contributed by atoms with Crippen LogP contribution >= 0.6 is 11.9 Å². The summed E-state index contributed by atoms with van der Waals surface area (Å²) in [7, 11) is 0. The van der Waals surface area contributed by atoms with Gasteiger partial charge in [0.05, 0.1) is 6.61 Å². The molecule has 0 saturated carbocycles. The number of hydrogen-bond acceptors (Lipinski definition) is 4. The molecule has 0 radical (unpaired) electrons. The second-order valence-corrected chi connectivity index (χ2v) is 9.16. The molecular weight excluding hydrogens is 437 g/mol. The zero-order valence-corrected chi connectivity index (χ0v) is 19.3. The molecule has 0 aliphatic carbocycles. The van der Waals surface area contributed by atoms with E-state index in [1.807, 2.05) is 0 Å². The summed E-state index contributed by atoms with van der Waals surface area (Å²) < 4.78 is 45.8. The number of hydrogen-bond donors (Lipinski definition) is 1. The van der Waals surface area contributed by atoms with E-state index in [0.29, 0.717) is 18.6 Å². The van der Waals surface area contributed by atoms with Gasteiger partial charge in [0.2, 0.25) is 6.41 Å². The van der Waals surface area contributed by atoms with E-state index in [1.165, 1.54) is 24.3 Å². The Morgan fingerprint density at radius 1 is 1.09 bits per heavy atom. The molecule has 1 N–H and O–H groups in total. The van der Waals surface area contributed by atoms with Gasteiger partial charge in [0.1, 0.15) is 11.6 Å². The van der Waals surface area contributed by atoms with Crippen molar-refractivity contribution in [2.45, 2.75) is 50.5 Å². The quantitative estimate of drug-likeness (QED) is 0.286. The highest BCUT2D eigenvalue weighted by Gasteiger charge is 2.19. The molecule has 0 aromatic heterocycles. The van der Waals surface area contributed by atoms with Gasteiger partial charge in [-0.15, -0.1) is 0 Å². The number of amides is 1. The standard InChI is InChI=1S/C12H16F2O.C12H15FN2OS/c1-9(2)4-3-7-15-12-6-5-10(13)8-11(12)14;13-10-1-3-12(4-2-10)17-15-7-5-11(6-8-15)14-9-16/h5-6,8-9H,3-4,7H2,1-2H3;1-4,9,11H,5-8H2,(H,14,16). The predicted octanol–water partition coefficient (Wildman–Crippen LogP) is 5.82. The summed E-state index contributed by atoms with van der Waals surface area (Å²) in [5.41, 5.74) is 0. The molecule has 3 rings (SSSR count). The van der Waals surface area contributed by atoms with Crippen LogP contribution in [0.15, 0.2) is 47.4 Å². The zero-order chi connectivity index (χ0) is 23.3. The Labute approximate surface area is 192 Å². The van der Waals surface area contributed by atoms with E-state index in [2.05, 4.69) is 23.5 Å². The lowest BCUT2D eigenvalue weighted by Gasteiger charge is -2.30. The summed E-state index contributed by atoms with van der Waals surface area (Å²) in [6.07, 6.45) is 4.63. The van der Waals surface area contributed by atoms with Crippen molar-refractivity contribution < 1.29 is 22.7 Å². The molecule has 2 aromatic rings. The Kier molecular flexibility index (Phi) is 11.5. The molecule has 1 heterocycles. The van der Waals surface area contributed by atoms with Crippen LogP contribution in [0.2, 0.25) is 0 Å². The monoisotopic (exact) mass is 468 g/mol. The topological polar surface area (TPSA) is 41.6 Å². The van der Waals surface area contributed by atoms with Crippen LogP contribution < -0.4 is 10.1 Å². The number of piperidine rings is 1. The van der Waals surface area contributed by atoms with E-state index in [1.54, 1.807) is 24.1 Å². The van der Waals surface area contributed by atoms with E-state index in [0.717, 1.165) is 56.1 Å². The molecule has 1 saturated heterocycles. The minimum Gasteiger partial charge on any atom is -0.491 e. The molecule has 176 valence electrons. The van der Waals surface area contributed by atoms with Gasteiger partial charge < -0.3 is 10.1 Å². The molecule has 4 nitrogen and oxygen atoms in total. The van der Waals surface area contributed by atoms with Crippen LogP contribution in [0, 0.1) is 23.4 Å². The predicted molar refractivity (Wildman–Crippen MR) is 122 cm³/mol. The van der Waals surface area contributed by atoms with Crippen molar-refractivity contribution in [3.05, 3.63) is 59.9 Å². The van der Waals surface area contributed by atoms with Gasteiger partial charge in [-0.1, -0.05) is 13.8 Å². The Hall–Kier alpha value is -2.19. The van der Waals surface area contributed by atoms with Crippen LogP contribution in [-0.4, -0.2) is 36.5 Å². The second-order valence-electron chi connectivity index (χ2n) is 7.99. The highest BCUT2D eigenvalue weighted by Crippen LogP contribution is 2.26. The van der Waals surface area contributed by atoms with Crippen LogP contribution in [0.25, 0.3) is 0 Å². The zero-order valence-electron chi connectivity index (χ0n) is 18.5. The molecule has 32 heavy (non-hydrogen) atoms. The van der Waals surface area contributed by atoms with E-state index >= 15 is 0 Å². The van der Waals surface area contributed by atoms with Crippen molar-refractivity contribution in [2.24, 2.45) is 5.92 Å². The van der Waals surface area contributed by atoms with Gasteiger partial charge in [0.15, 0.2) is 11.6 Å². The van der Waals surface area contributed by atoms with Crippen LogP contribution in [0.1, 0.15) is 39.5 Å². The molecule has 0 atom stereocenters. The first-order valence-corrected chi connectivity index (χ1v) is 11.6. The Bertz CT molecular complexity index is 813. The molecular formula is C24H31F3N2O2S. The second kappa shape index (κ2) is 14.1. The lowest BCUT2D eigenvalue weighted by molar-refractivity contribution is -0.110. The molecule has 0 unspecified atom stereocenters. The van der Waals surface area contributed by atoms with Gasteiger partial charge >= 0.3 is 0 Å². The molecule has 1 aliphatic rings. The minimum absolute atomic E-state index is 0.125. The van der Waals surface area contributed by atoms with Gasteiger partial charge in [-0.05, 0) is 79.9 Å². The number of rotatable bonds is 9. The first-order valence-electron chi connectivity index (χ1n) is 10.8. The number of halogens is 3. The lowest BCUT2D eigenvalue weighted by Crippen LogP contribution is -2.39. The fourth-order valence-corrected chi connectivity index (χ4v) is 4.07. The third kappa shape index (κ3) is 9.96. The normalized spacial score (nSPS) is 14.6. The Morgan fingerprint density at radius 2 is 1.75 bits per heavy atom. The first kappa shape index (κ1) is 26.1. The number of nitrogens with one attached hydrogen (secondary N) is 1. The highest BCUT2D eigenvalue weighted by molar-refractivity contribution is 7.97. The van der Waals surface area contributed by atoms with Crippen molar-refractivity contribution in [3.8, 4) is 5.75 Å². The molecule has 1 aliphatic heterocycles. The van der Waals surface area contributed by atoms with Gasteiger partial charge in [0, 0.05) is 30.1 Å². The molecule has 1 amide bonds. The number of carbonyl (C=O) groups excluding carboxylic acids is 1. The maximum absolute atomic E-state index is 13.1. The SMILES string of the molecule is CC(C)CCCOc1ccc(F)cc1F.O=CNC1CCN(Sc2ccc(F)cc2)CC1. The van der Waals surface area contributed by atoms with E-state index in [-0.39, 0.29) is 11.6 Å². The molecule has 2 aromatic carbocycles. The smallest absolute Gasteiger partial charge is 0.207 e. The third-order valence-corrected chi connectivity index (χ3v) is 5.99. The van der Waals surface area contributed by atoms with E-state index < -0.39 is 11.6 Å². The summed E-state index contributed by atoms with van der Waals surface area (Å²) in [5, 5.41) is 2.81. The summed E-state index contributed by atoms with van der Waals surface area (Å²) in [4.78, 5) is 11.4. The molecule has 1 fully saturated rings. The maximum atomic E-state index is 13.1. The van der Waals surface area contributed by atoms with Crippen molar-refractivity contribution in [1.82, 2.24) is 9.62 Å². The summed E-state index contributed by atoms with van der Waals surface area (Å²) in [5.74, 6) is -0.684. The number of ether oxygens (including phenoxy) is 1. The highest BCUT2D eigenvalue weighted by atomic mass is 32.2. The van der Waals surface area contributed by atoms with Crippen LogP contribution in [0.3, 0.4) is 0 Å². The van der Waals surface area contributed by atoms with Crippen LogP contribution in [0.5, 0.6) is 5.75 Å². The third-order valence-electron chi connectivity index (χ3n) is 4.88. The van der Waals surface area contributed by atoms with Gasteiger partial charge in [-0.2, -0.15) is 0 Å². The molecule has 0 bridgehead atoms. The molecule has 0 spiro atoms. The van der Waals surface area contributed by atoms with E-state index in [9.17, 15) is 18.0 Å². The first-order chi connectivity index (χ1) is 15.4. The minimum atomic E-state index is -0.639. The van der Waals surface area contributed by atoms with Gasteiger partial charge in [-0.25, -0.2) is 17.5 Å². The summed E-state index contributed by atoms with van der Waals surface area (Å²) in [6, 6.07) is 10.2. The maximum Gasteiger partial charge on any atom is 0.207 e. The fraction of sp³-hybridized carbons (Fsp3) is 0.458. The number of nitrogens with zero attached hydrogens (tertiary/aromatic N) is 1. The number of carbonyl (C=O) groups is 1. The van der Waals surface area contributed by atoms with Crippen LogP contribution in [-0.2, 0) is 4.79 Å². The summed E-state index contributed by atoms with van der Waals surface area (Å²) in [6.45, 7) is 6.60. The van der Waals surface area contributed by atoms with Crippen molar-refractivity contribution >= 4 is 18.4 Å². The van der Waals surface area contributed by atoms with Crippen molar-refractivity contribution in [3.63, 3.8) is 0 Å². The fourth-order valence-electron chi connectivity index (χ4n) is 3.12. The average Bonchev–Trinajstić information content (AvgIpc) is 2.76. The largest absolute Gasteiger partial charge is 0.491 e. The van der Waals surface area contributed by atoms with Crippen molar-refractivity contribution in [1.29, 1.82) is 0 Å². The lowest BCUT2D eigenvalue weighted by atomic mass is 10.1. The van der Waals surface area contributed by atoms with Crippen LogP contribution in [0.4, 0.5) is 13.2 Å². The average molecular weight is 469 g/mol. The Balaban J connectivity index is 0.000000229. The van der Waals surface area contributed by atoms with Gasteiger partial charge in [0.25, 0.3) is 0 Å².